The van der Waals surface area contributed by atoms with Crippen molar-refractivity contribution in [2.75, 3.05) is 16.8 Å². The lowest BCUT2D eigenvalue weighted by atomic mass is 10.1. The topological polar surface area (TPSA) is 97.3 Å². The maximum atomic E-state index is 13.2. The number of ether oxygens (including phenoxy) is 1. The molecule has 0 aliphatic carbocycles. The Labute approximate surface area is 210 Å². The highest BCUT2D eigenvalue weighted by Gasteiger charge is 2.35. The van der Waals surface area contributed by atoms with Gasteiger partial charge in [-0.2, -0.15) is 0 Å². The Morgan fingerprint density at radius 2 is 1.94 bits per heavy atom. The van der Waals surface area contributed by atoms with Gasteiger partial charge < -0.3 is 4.74 Å². The number of rotatable bonds is 7. The molecule has 0 bridgehead atoms. The molecule has 1 unspecified atom stereocenters. The van der Waals surface area contributed by atoms with Crippen LogP contribution in [0.3, 0.4) is 0 Å². The number of aryl methyl sites for hydroxylation is 1. The van der Waals surface area contributed by atoms with Gasteiger partial charge in [-0.1, -0.05) is 55.5 Å². The van der Waals surface area contributed by atoms with Crippen LogP contribution in [-0.4, -0.2) is 39.6 Å². The van der Waals surface area contributed by atoms with Crippen molar-refractivity contribution in [2.45, 2.75) is 32.8 Å². The smallest absolute Gasteiger partial charge is 0.268 e. The highest BCUT2D eigenvalue weighted by atomic mass is 32.1. The van der Waals surface area contributed by atoms with Gasteiger partial charge in [-0.15, -0.1) is 21.5 Å². The molecule has 0 radical (unpaired) electrons. The Morgan fingerprint density at radius 1 is 1.11 bits per heavy atom. The van der Waals surface area contributed by atoms with Crippen molar-refractivity contribution in [1.29, 1.82) is 0 Å². The molecule has 0 spiro atoms. The zero-order valence-corrected chi connectivity index (χ0v) is 20.9. The predicted octanol–water partition coefficient (Wildman–Crippen LogP) is 5.03. The van der Waals surface area contributed by atoms with Gasteiger partial charge in [0, 0.05) is 16.5 Å². The van der Waals surface area contributed by atoms with Crippen LogP contribution in [0.15, 0.2) is 53.9 Å². The predicted molar refractivity (Wildman–Crippen MR) is 138 cm³/mol. The Balaban J connectivity index is 1.43. The molecule has 5 rings (SSSR count). The molecular formula is C25H23N5O3S2. The Morgan fingerprint density at radius 3 is 2.69 bits per heavy atom. The molecular weight excluding hydrogens is 482 g/mol. The van der Waals surface area contributed by atoms with E-state index in [1.54, 1.807) is 11.3 Å². The number of amides is 2. The van der Waals surface area contributed by atoms with Crippen LogP contribution in [0, 0.1) is 0 Å². The average molecular weight is 506 g/mol. The van der Waals surface area contributed by atoms with Gasteiger partial charge in [0.25, 0.3) is 5.91 Å². The third kappa shape index (κ3) is 4.80. The van der Waals surface area contributed by atoms with E-state index in [9.17, 15) is 9.59 Å². The molecule has 178 valence electrons. The molecule has 0 saturated heterocycles. The van der Waals surface area contributed by atoms with E-state index in [1.807, 2.05) is 67.8 Å². The molecule has 2 aromatic carbocycles. The fraction of sp³-hybridized carbons (Fsp3) is 0.240. The van der Waals surface area contributed by atoms with Crippen molar-refractivity contribution in [2.24, 2.45) is 0 Å². The van der Waals surface area contributed by atoms with E-state index in [-0.39, 0.29) is 18.4 Å². The third-order valence-electron chi connectivity index (χ3n) is 5.57. The van der Waals surface area contributed by atoms with Crippen LogP contribution >= 0.6 is 22.7 Å². The number of nitrogens with one attached hydrogen (secondary N) is 1. The van der Waals surface area contributed by atoms with E-state index < -0.39 is 6.10 Å². The fourth-order valence-corrected chi connectivity index (χ4v) is 5.30. The number of anilines is 2. The Kier molecular flexibility index (Phi) is 6.56. The molecule has 1 atom stereocenters. The molecule has 0 saturated carbocycles. The van der Waals surface area contributed by atoms with Crippen molar-refractivity contribution >= 4 is 45.3 Å². The Bertz CT molecular complexity index is 1370. The highest BCUT2D eigenvalue weighted by molar-refractivity contribution is 7.15. The molecule has 2 amide bonds. The summed E-state index contributed by atoms with van der Waals surface area (Å²) in [6.45, 7) is 3.71. The lowest BCUT2D eigenvalue weighted by molar-refractivity contribution is -0.128. The first-order valence-electron chi connectivity index (χ1n) is 11.3. The lowest BCUT2D eigenvalue weighted by Crippen LogP contribution is -2.48. The van der Waals surface area contributed by atoms with Gasteiger partial charge in [-0.3, -0.25) is 19.8 Å². The van der Waals surface area contributed by atoms with Gasteiger partial charge >= 0.3 is 0 Å². The van der Waals surface area contributed by atoms with Crippen LogP contribution in [-0.2, 0) is 16.0 Å². The molecule has 35 heavy (non-hydrogen) atoms. The lowest BCUT2D eigenvalue weighted by Gasteiger charge is -2.33. The molecule has 2 aromatic heterocycles. The fourth-order valence-electron chi connectivity index (χ4n) is 3.77. The monoisotopic (exact) mass is 505 g/mol. The largest absolute Gasteiger partial charge is 0.478 e. The summed E-state index contributed by atoms with van der Waals surface area (Å²) < 4.78 is 5.95. The van der Waals surface area contributed by atoms with Gasteiger partial charge in [0.15, 0.2) is 6.10 Å². The summed E-state index contributed by atoms with van der Waals surface area (Å²) in [5.41, 5.74) is 3.24. The number of aromatic nitrogens is 3. The number of nitrogens with zero attached hydrogens (tertiary/aromatic N) is 4. The third-order valence-corrected chi connectivity index (χ3v) is 7.44. The second kappa shape index (κ2) is 9.93. The van der Waals surface area contributed by atoms with Crippen molar-refractivity contribution in [3.8, 4) is 27.6 Å². The van der Waals surface area contributed by atoms with E-state index in [0.29, 0.717) is 23.0 Å². The second-order valence-electron chi connectivity index (χ2n) is 7.93. The van der Waals surface area contributed by atoms with E-state index >= 15 is 0 Å². The van der Waals surface area contributed by atoms with Crippen LogP contribution in [0.4, 0.5) is 10.8 Å². The summed E-state index contributed by atoms with van der Waals surface area (Å²) in [7, 11) is 0. The van der Waals surface area contributed by atoms with Crippen molar-refractivity contribution in [3.63, 3.8) is 0 Å². The summed E-state index contributed by atoms with van der Waals surface area (Å²) in [6, 6.07) is 15.6. The van der Waals surface area contributed by atoms with Gasteiger partial charge in [-0.25, -0.2) is 4.98 Å². The maximum absolute atomic E-state index is 13.2. The molecule has 1 N–H and O–H groups in total. The van der Waals surface area contributed by atoms with Gasteiger partial charge in [0.05, 0.1) is 11.4 Å². The number of carbonyl (C=O) groups is 2. The summed E-state index contributed by atoms with van der Waals surface area (Å²) in [5.74, 6) is -0.0250. The van der Waals surface area contributed by atoms with E-state index in [1.165, 1.54) is 16.2 Å². The number of hydrogen-bond donors (Lipinski definition) is 1. The van der Waals surface area contributed by atoms with Gasteiger partial charge in [0.1, 0.15) is 22.3 Å². The van der Waals surface area contributed by atoms with Crippen molar-refractivity contribution in [3.05, 3.63) is 58.9 Å². The van der Waals surface area contributed by atoms with Crippen LogP contribution < -0.4 is 15.0 Å². The zero-order valence-electron chi connectivity index (χ0n) is 19.2. The highest BCUT2D eigenvalue weighted by Crippen LogP contribution is 2.39. The number of fused-ring (bicyclic) bond motifs is 1. The van der Waals surface area contributed by atoms with Crippen LogP contribution in [0.25, 0.3) is 21.8 Å². The SMILES string of the molecule is CCc1nnc(NC(=O)CN2C(=O)C(CC)Oc3ccc(-c4csc(-c5ccccc5)n4)cc32)s1. The molecule has 0 fully saturated rings. The second-order valence-corrected chi connectivity index (χ2v) is 9.85. The normalized spacial score (nSPS) is 15.0. The van der Waals surface area contributed by atoms with Crippen LogP contribution in [0.5, 0.6) is 5.75 Å². The zero-order chi connectivity index (χ0) is 24.4. The molecule has 10 heteroatoms. The number of thiazole rings is 1. The number of carbonyl (C=O) groups excluding carboxylic acids is 2. The first-order valence-corrected chi connectivity index (χ1v) is 13.0. The number of benzene rings is 2. The summed E-state index contributed by atoms with van der Waals surface area (Å²) >= 11 is 2.88. The quantitative estimate of drug-likeness (QED) is 0.378. The van der Waals surface area contributed by atoms with E-state index in [2.05, 4.69) is 15.5 Å². The minimum Gasteiger partial charge on any atom is -0.478 e. The van der Waals surface area contributed by atoms with Gasteiger partial charge in [0.2, 0.25) is 11.0 Å². The van der Waals surface area contributed by atoms with Crippen LogP contribution in [0.2, 0.25) is 0 Å². The minimum absolute atomic E-state index is 0.150. The summed E-state index contributed by atoms with van der Waals surface area (Å²) in [4.78, 5) is 32.3. The average Bonchev–Trinajstić information content (AvgIpc) is 3.56. The Hall–Kier alpha value is -3.63. The van der Waals surface area contributed by atoms with Crippen molar-refractivity contribution < 1.29 is 14.3 Å². The number of hydrogen-bond acceptors (Lipinski definition) is 8. The van der Waals surface area contributed by atoms with Crippen LogP contribution in [0.1, 0.15) is 25.3 Å². The maximum Gasteiger partial charge on any atom is 0.268 e. The minimum atomic E-state index is -0.640. The van der Waals surface area contributed by atoms with Crippen molar-refractivity contribution in [1.82, 2.24) is 15.2 Å². The van der Waals surface area contributed by atoms with E-state index in [4.69, 9.17) is 9.72 Å². The molecule has 3 heterocycles. The molecule has 8 nitrogen and oxygen atoms in total. The van der Waals surface area contributed by atoms with E-state index in [0.717, 1.165) is 33.3 Å². The molecule has 1 aliphatic rings. The van der Waals surface area contributed by atoms with Gasteiger partial charge in [-0.05, 0) is 31.0 Å². The molecule has 1 aliphatic heterocycles. The first-order chi connectivity index (χ1) is 17.1. The summed E-state index contributed by atoms with van der Waals surface area (Å²) in [5, 5.41) is 14.9. The molecule has 4 aromatic rings. The summed E-state index contributed by atoms with van der Waals surface area (Å²) in [6.07, 6.45) is 0.603. The standard InChI is InChI=1S/C25H23N5O3S2/c1-3-19-24(32)30(13-21(31)27-25-29-28-22(4-2)35-25)18-12-16(10-11-20(18)33-19)17-14-34-23(26-17)15-8-6-5-7-9-15/h5-12,14,19H,3-4,13H2,1-2H3,(H,27,29,31). The first kappa shape index (κ1) is 23.1.